The second-order valence-electron chi connectivity index (χ2n) is 9.75. The van der Waals surface area contributed by atoms with Crippen molar-refractivity contribution < 1.29 is 23.8 Å². The van der Waals surface area contributed by atoms with E-state index in [1.807, 2.05) is 35.7 Å². The average molecular weight is 597 g/mol. The third-order valence-corrected chi connectivity index (χ3v) is 8.52. The lowest BCUT2D eigenvalue weighted by atomic mass is 9.99. The Labute approximate surface area is 248 Å². The number of halogens is 1. The van der Waals surface area contributed by atoms with Crippen LogP contribution in [-0.4, -0.2) is 92.5 Å². The van der Waals surface area contributed by atoms with Crippen LogP contribution in [0.5, 0.6) is 11.5 Å². The highest BCUT2D eigenvalue weighted by Gasteiger charge is 2.37. The first-order valence-corrected chi connectivity index (χ1v) is 14.7. The number of thiophene rings is 1. The Balaban J connectivity index is 1.45. The third-order valence-electron chi connectivity index (χ3n) is 7.27. The molecular formula is C30H33ClN4O5S. The number of rotatable bonds is 10. The molecule has 0 aliphatic carbocycles. The number of morpholine rings is 1. The Morgan fingerprint density at radius 2 is 1.90 bits per heavy atom. The molecule has 0 spiro atoms. The number of hydrazone groups is 1. The molecule has 0 saturated carbocycles. The molecule has 1 saturated heterocycles. The van der Waals surface area contributed by atoms with Gasteiger partial charge in [-0.2, -0.15) is 5.10 Å². The number of hydrogen-bond donors (Lipinski definition) is 0. The Morgan fingerprint density at radius 3 is 2.61 bits per heavy atom. The lowest BCUT2D eigenvalue weighted by Crippen LogP contribution is -2.46. The standard InChI is InChI=1S/C30H33ClN4O5S/c1-38-21-9-10-27(39-2)23(18-21)26-19-25(28-8-5-17-41-28)32-35(26)29(36)20-34(12-11-33-13-15-40-16-14-33)30(37)22-6-3-4-7-24(22)31/h3-10,17-18,26H,11-16,19-20H2,1-2H3. The van der Waals surface area contributed by atoms with Crippen LogP contribution in [0, 0.1) is 0 Å². The summed E-state index contributed by atoms with van der Waals surface area (Å²) in [7, 11) is 3.20. The zero-order chi connectivity index (χ0) is 28.8. The lowest BCUT2D eigenvalue weighted by molar-refractivity contribution is -0.133. The molecular weight excluding hydrogens is 564 g/mol. The van der Waals surface area contributed by atoms with Crippen LogP contribution in [0.3, 0.4) is 0 Å². The van der Waals surface area contributed by atoms with Gasteiger partial charge >= 0.3 is 0 Å². The van der Waals surface area contributed by atoms with E-state index in [-0.39, 0.29) is 18.4 Å². The molecule has 11 heteroatoms. The lowest BCUT2D eigenvalue weighted by Gasteiger charge is -2.31. The van der Waals surface area contributed by atoms with Gasteiger partial charge in [-0.3, -0.25) is 14.5 Å². The van der Waals surface area contributed by atoms with Crippen LogP contribution in [0.1, 0.15) is 33.3 Å². The van der Waals surface area contributed by atoms with Gasteiger partial charge in [0.2, 0.25) is 0 Å². The molecule has 1 fully saturated rings. The highest BCUT2D eigenvalue weighted by atomic mass is 35.5. The van der Waals surface area contributed by atoms with E-state index in [9.17, 15) is 9.59 Å². The van der Waals surface area contributed by atoms with Gasteiger partial charge in [-0.05, 0) is 41.8 Å². The maximum atomic E-state index is 14.1. The molecule has 0 radical (unpaired) electrons. The Hall–Kier alpha value is -3.44. The highest BCUT2D eigenvalue weighted by Crippen LogP contribution is 2.40. The Morgan fingerprint density at radius 1 is 1.10 bits per heavy atom. The van der Waals surface area contributed by atoms with E-state index in [1.165, 1.54) is 5.01 Å². The topological polar surface area (TPSA) is 83.9 Å². The predicted molar refractivity (Wildman–Crippen MR) is 159 cm³/mol. The van der Waals surface area contributed by atoms with Crippen LogP contribution in [0.25, 0.3) is 0 Å². The zero-order valence-electron chi connectivity index (χ0n) is 23.1. The van der Waals surface area contributed by atoms with E-state index in [4.69, 9.17) is 30.9 Å². The van der Waals surface area contributed by atoms with Crippen molar-refractivity contribution in [1.82, 2.24) is 14.8 Å². The van der Waals surface area contributed by atoms with Gasteiger partial charge in [-0.25, -0.2) is 5.01 Å². The van der Waals surface area contributed by atoms with Crippen molar-refractivity contribution in [3.05, 3.63) is 81.0 Å². The molecule has 1 aromatic heterocycles. The van der Waals surface area contributed by atoms with E-state index in [0.29, 0.717) is 54.8 Å². The van der Waals surface area contributed by atoms with Gasteiger partial charge in [0, 0.05) is 38.2 Å². The summed E-state index contributed by atoms with van der Waals surface area (Å²) in [5, 5.41) is 8.62. The third kappa shape index (κ3) is 6.73. The quantitative estimate of drug-likeness (QED) is 0.341. The molecule has 3 heterocycles. The monoisotopic (exact) mass is 596 g/mol. The molecule has 1 unspecified atom stereocenters. The van der Waals surface area contributed by atoms with Crippen molar-refractivity contribution in [1.29, 1.82) is 0 Å². The largest absolute Gasteiger partial charge is 0.497 e. The second kappa shape index (κ2) is 13.5. The van der Waals surface area contributed by atoms with Crippen LogP contribution < -0.4 is 9.47 Å². The van der Waals surface area contributed by atoms with Crippen molar-refractivity contribution in [2.45, 2.75) is 12.5 Å². The van der Waals surface area contributed by atoms with Gasteiger partial charge in [-0.1, -0.05) is 29.8 Å². The van der Waals surface area contributed by atoms with Crippen LogP contribution in [0.2, 0.25) is 5.02 Å². The minimum absolute atomic E-state index is 0.154. The van der Waals surface area contributed by atoms with Crippen molar-refractivity contribution in [3.63, 3.8) is 0 Å². The molecule has 216 valence electrons. The van der Waals surface area contributed by atoms with Gasteiger partial charge in [0.15, 0.2) is 0 Å². The van der Waals surface area contributed by atoms with Gasteiger partial charge < -0.3 is 19.1 Å². The maximum Gasteiger partial charge on any atom is 0.262 e. The van der Waals surface area contributed by atoms with E-state index < -0.39 is 6.04 Å². The Kier molecular flexibility index (Phi) is 9.56. The predicted octanol–water partition coefficient (Wildman–Crippen LogP) is 4.57. The SMILES string of the molecule is COc1ccc(OC)c(C2CC(c3cccs3)=NN2C(=O)CN(CCN2CCOCC2)C(=O)c2ccccc2Cl)c1. The van der Waals surface area contributed by atoms with E-state index in [0.717, 1.165) is 29.2 Å². The molecule has 0 N–H and O–H groups in total. The summed E-state index contributed by atoms with van der Waals surface area (Å²) in [4.78, 5) is 32.6. The van der Waals surface area contributed by atoms with Gasteiger partial charge in [-0.15, -0.1) is 11.3 Å². The number of ether oxygens (including phenoxy) is 3. The smallest absolute Gasteiger partial charge is 0.262 e. The number of methoxy groups -OCH3 is 2. The molecule has 0 bridgehead atoms. The van der Waals surface area contributed by atoms with E-state index >= 15 is 0 Å². The number of carbonyl (C=O) groups excluding carboxylic acids is 2. The summed E-state index contributed by atoms with van der Waals surface area (Å²) in [6, 6.07) is 16.0. The summed E-state index contributed by atoms with van der Waals surface area (Å²) < 4.78 is 16.6. The molecule has 2 aliphatic rings. The van der Waals surface area contributed by atoms with Crippen molar-refractivity contribution in [2.75, 3.05) is 60.2 Å². The van der Waals surface area contributed by atoms with Crippen LogP contribution in [-0.2, 0) is 9.53 Å². The van der Waals surface area contributed by atoms with Crippen molar-refractivity contribution in [2.24, 2.45) is 5.10 Å². The fourth-order valence-corrected chi connectivity index (χ4v) is 5.99. The van der Waals surface area contributed by atoms with Gasteiger partial charge in [0.05, 0.1) is 54.7 Å². The van der Waals surface area contributed by atoms with E-state index in [1.54, 1.807) is 54.7 Å². The molecule has 9 nitrogen and oxygen atoms in total. The minimum atomic E-state index is -0.429. The number of carbonyl (C=O) groups is 2. The fraction of sp³-hybridized carbons (Fsp3) is 0.367. The molecule has 2 amide bonds. The Bertz CT molecular complexity index is 1390. The first-order valence-electron chi connectivity index (χ1n) is 13.5. The number of benzene rings is 2. The molecule has 2 aliphatic heterocycles. The first kappa shape index (κ1) is 29.1. The average Bonchev–Trinajstić information content (AvgIpc) is 3.70. The first-order chi connectivity index (χ1) is 20.0. The van der Waals surface area contributed by atoms with Crippen LogP contribution in [0.15, 0.2) is 65.1 Å². The van der Waals surface area contributed by atoms with Crippen LogP contribution in [0.4, 0.5) is 0 Å². The summed E-state index contributed by atoms with van der Waals surface area (Å²) in [5.74, 6) is 0.689. The fourth-order valence-electron chi connectivity index (χ4n) is 5.05. The highest BCUT2D eigenvalue weighted by molar-refractivity contribution is 7.12. The molecule has 2 aromatic carbocycles. The zero-order valence-corrected chi connectivity index (χ0v) is 24.7. The second-order valence-corrected chi connectivity index (χ2v) is 11.1. The number of nitrogens with zero attached hydrogens (tertiary/aromatic N) is 4. The van der Waals surface area contributed by atoms with Gasteiger partial charge in [0.1, 0.15) is 18.0 Å². The molecule has 3 aromatic rings. The van der Waals surface area contributed by atoms with Crippen LogP contribution >= 0.6 is 22.9 Å². The summed E-state index contributed by atoms with van der Waals surface area (Å²) in [6.07, 6.45) is 0.502. The summed E-state index contributed by atoms with van der Waals surface area (Å²) in [5.41, 5.74) is 1.95. The number of amides is 2. The van der Waals surface area contributed by atoms with Gasteiger partial charge in [0.25, 0.3) is 11.8 Å². The molecule has 41 heavy (non-hydrogen) atoms. The summed E-state index contributed by atoms with van der Waals surface area (Å²) >= 11 is 7.97. The molecule has 5 rings (SSSR count). The minimum Gasteiger partial charge on any atom is -0.497 e. The van der Waals surface area contributed by atoms with Crippen molar-refractivity contribution in [3.8, 4) is 11.5 Å². The number of hydrogen-bond acceptors (Lipinski definition) is 8. The maximum absolute atomic E-state index is 14.1. The normalized spacial score (nSPS) is 17.3. The van der Waals surface area contributed by atoms with E-state index in [2.05, 4.69) is 4.90 Å². The molecule has 1 atom stereocenters. The summed E-state index contributed by atoms with van der Waals surface area (Å²) in [6.45, 7) is 3.67. The van der Waals surface area contributed by atoms with Crippen molar-refractivity contribution >= 4 is 40.5 Å².